The van der Waals surface area contributed by atoms with Crippen LogP contribution in [0.25, 0.3) is 94.7 Å². The molecule has 0 radical (unpaired) electrons. The highest BCUT2D eigenvalue weighted by Crippen LogP contribution is 2.34. The van der Waals surface area contributed by atoms with E-state index in [1.807, 2.05) is 48.5 Å². The molecule has 1 fully saturated rings. The number of H-pyrrole nitrogens is 1. The standard InChI is InChI=1S/C23H18F3N7O2.C22H14F3N3O2.C20H24N6O2.C18H18N2O/c24-23(25,26)13-2-4-14(5-3-13)33-11-29-16-9-12(1-6-18(16)33)21-31-17(20(27)34)10-19(32-21)30-15-7-8-28-22(15)35;23-22(24,25)15-5-7-16(8-6-15)27-21(30)20-3-1-2-18(28-20)13-4-9-19-17(10-13)14(12-29)11-26-19;1-11(2)10-26-7-6-13-8-14(4-5-16(13)26)20-24-15(19(22)28)9-17(25-20)23-12(3)18(21)27;1-13(2)11-20-9-8-15-10-14(6-7-18(15)20)17-5-3-4-16(12-21)19-17/h1-6,9-11,15H,7-8H2,(H2,27,34)(H,28,35)(H,30,31,32);1-12,26H,(H,27,30);4-9,11-12H,10H2,1-3H3,(H2,21,27)(H2,22,28)(H,23,24,25);3-10,12-13H,11H2,1-2H3/t15-;;12-;/m0.0./s1. The van der Waals surface area contributed by atoms with Crippen LogP contribution in [0.15, 0.2) is 207 Å². The highest BCUT2D eigenvalue weighted by atomic mass is 19.4. The van der Waals surface area contributed by atoms with Gasteiger partial charge in [0.05, 0.1) is 33.5 Å². The second kappa shape index (κ2) is 33.9. The number of halogens is 6. The summed E-state index contributed by atoms with van der Waals surface area (Å²) in [6.07, 6.45) is 0.539. The number of aldehydes is 2. The Hall–Kier alpha value is -14.3. The van der Waals surface area contributed by atoms with Crippen LogP contribution in [0.2, 0.25) is 0 Å². The lowest BCUT2D eigenvalue weighted by Crippen LogP contribution is -2.33. The molecule has 2 atom stereocenters. The van der Waals surface area contributed by atoms with Gasteiger partial charge in [0.15, 0.2) is 24.2 Å². The monoisotopic (exact) mass is 1550 g/mol. The number of primary amides is 3. The van der Waals surface area contributed by atoms with E-state index in [0.717, 1.165) is 94.1 Å². The third kappa shape index (κ3) is 18.9. The molecule has 0 aliphatic carbocycles. The maximum Gasteiger partial charge on any atom is 0.416 e. The highest BCUT2D eigenvalue weighted by molar-refractivity contribution is 6.04. The van der Waals surface area contributed by atoms with E-state index >= 15 is 0 Å². The Morgan fingerprint density at radius 3 is 1.68 bits per heavy atom. The minimum Gasteiger partial charge on any atom is -0.368 e. The number of fused-ring (bicyclic) bond motifs is 4. The molecule has 14 aromatic rings. The number of benzene rings is 6. The number of alkyl halides is 6. The summed E-state index contributed by atoms with van der Waals surface area (Å²) in [5, 5.41) is 14.1. The van der Waals surface area contributed by atoms with Gasteiger partial charge >= 0.3 is 12.4 Å². The fourth-order valence-electron chi connectivity index (χ4n) is 12.5. The van der Waals surface area contributed by atoms with E-state index in [0.29, 0.717) is 75.7 Å². The molecule has 25 nitrogen and oxygen atoms in total. The summed E-state index contributed by atoms with van der Waals surface area (Å²) in [6, 6.07) is 47.9. The Morgan fingerprint density at radius 1 is 0.570 bits per heavy atom. The normalized spacial score (nSPS) is 13.0. The molecule has 31 heteroatoms. The average molecular weight is 1550 g/mol. The van der Waals surface area contributed by atoms with Gasteiger partial charge in [-0.15, -0.1) is 0 Å². The van der Waals surface area contributed by atoms with Crippen molar-refractivity contribution in [2.24, 2.45) is 29.0 Å². The molecule has 6 aromatic carbocycles. The fourth-order valence-corrected chi connectivity index (χ4v) is 12.5. The number of aromatic amines is 1. The molecule has 580 valence electrons. The first-order valence-electron chi connectivity index (χ1n) is 35.7. The summed E-state index contributed by atoms with van der Waals surface area (Å²) >= 11 is 0. The first kappa shape index (κ1) is 79.3. The van der Waals surface area contributed by atoms with Crippen molar-refractivity contribution in [1.82, 2.24) is 58.9 Å². The van der Waals surface area contributed by atoms with E-state index in [1.54, 1.807) is 60.2 Å². The van der Waals surface area contributed by atoms with E-state index in [-0.39, 0.29) is 40.3 Å². The predicted molar refractivity (Wildman–Crippen MR) is 421 cm³/mol. The topological polar surface area (TPSA) is 366 Å². The zero-order chi connectivity index (χ0) is 81.3. The molecule has 0 bridgehead atoms. The van der Waals surface area contributed by atoms with Crippen molar-refractivity contribution >= 4 is 103 Å². The summed E-state index contributed by atoms with van der Waals surface area (Å²) in [5.41, 5.74) is 25.2. The number of carbonyl (C=O) groups excluding carboxylic acids is 7. The van der Waals surface area contributed by atoms with E-state index in [4.69, 9.17) is 17.2 Å². The smallest absolute Gasteiger partial charge is 0.368 e. The quantitative estimate of drug-likeness (QED) is 0.0260. The Balaban J connectivity index is 0.000000143. The summed E-state index contributed by atoms with van der Waals surface area (Å²) in [4.78, 5) is 115. The number of aromatic nitrogens is 11. The lowest BCUT2D eigenvalue weighted by atomic mass is 10.1. The van der Waals surface area contributed by atoms with Crippen LogP contribution in [0, 0.1) is 11.8 Å². The molecule has 0 unspecified atom stereocenters. The number of nitrogens with two attached hydrogens (primary N) is 3. The van der Waals surface area contributed by atoms with Gasteiger partial charge < -0.3 is 52.6 Å². The van der Waals surface area contributed by atoms with E-state index in [1.165, 1.54) is 59.7 Å². The number of pyridine rings is 2. The number of hydrogen-bond acceptors (Lipinski definition) is 16. The van der Waals surface area contributed by atoms with Crippen LogP contribution in [0.4, 0.5) is 43.7 Å². The van der Waals surface area contributed by atoms with Gasteiger partial charge in [0.1, 0.15) is 52.8 Å². The van der Waals surface area contributed by atoms with Gasteiger partial charge in [-0.25, -0.2) is 34.9 Å². The maximum absolute atomic E-state index is 12.9. The van der Waals surface area contributed by atoms with Crippen molar-refractivity contribution < 1.29 is 59.9 Å². The molecule has 1 saturated heterocycles. The van der Waals surface area contributed by atoms with Crippen LogP contribution in [-0.4, -0.2) is 114 Å². The van der Waals surface area contributed by atoms with Crippen LogP contribution in [-0.2, 0) is 35.0 Å². The van der Waals surface area contributed by atoms with Gasteiger partial charge in [-0.2, -0.15) is 26.3 Å². The zero-order valence-electron chi connectivity index (χ0n) is 61.8. The molecule has 1 aliphatic rings. The molecule has 0 spiro atoms. The summed E-state index contributed by atoms with van der Waals surface area (Å²) < 4.78 is 82.7. The number of hydrogen-bond donors (Lipinski definition) is 8. The molecule has 11 N–H and O–H groups in total. The van der Waals surface area contributed by atoms with Crippen molar-refractivity contribution in [2.75, 3.05) is 22.5 Å². The van der Waals surface area contributed by atoms with Crippen molar-refractivity contribution in [3.63, 3.8) is 0 Å². The third-order valence-corrected chi connectivity index (χ3v) is 18.1. The van der Waals surface area contributed by atoms with Crippen LogP contribution in [0.3, 0.4) is 0 Å². The van der Waals surface area contributed by atoms with Gasteiger partial charge in [0.2, 0.25) is 11.8 Å². The molecular formula is C83H74F6N18O7. The zero-order valence-corrected chi connectivity index (χ0v) is 61.8. The van der Waals surface area contributed by atoms with Gasteiger partial charge in [-0.1, -0.05) is 52.0 Å². The highest BCUT2D eigenvalue weighted by Gasteiger charge is 2.32. The summed E-state index contributed by atoms with van der Waals surface area (Å²) in [7, 11) is 0. The number of amides is 5. The Labute approximate surface area is 646 Å². The van der Waals surface area contributed by atoms with Gasteiger partial charge in [0.25, 0.3) is 17.7 Å². The number of nitrogens with one attached hydrogen (secondary N) is 5. The Bertz CT molecular complexity index is 5950. The van der Waals surface area contributed by atoms with Crippen LogP contribution in [0.1, 0.15) is 104 Å². The second-order valence-corrected chi connectivity index (χ2v) is 27.5. The molecule has 8 aromatic heterocycles. The third-order valence-electron chi connectivity index (χ3n) is 18.1. The lowest BCUT2D eigenvalue weighted by molar-refractivity contribution is -0.138. The molecular weight excluding hydrogens is 1480 g/mol. The van der Waals surface area contributed by atoms with Crippen molar-refractivity contribution in [2.45, 2.75) is 78.6 Å². The van der Waals surface area contributed by atoms with Gasteiger partial charge in [-0.3, -0.25) is 38.1 Å². The largest absolute Gasteiger partial charge is 0.416 e. The number of anilines is 3. The molecule has 0 saturated carbocycles. The SMILES string of the molecule is CC(C)Cn1ccc2cc(-c3cccc(C=O)n3)ccc21.CC(C)Cn1ccc2cc(-c3nc(N[C@@H](C)C(N)=O)cc(C(N)=O)n3)ccc21.NC(=O)c1cc(N[C@H]2CCNC2=O)nc(-c2ccc3c(c2)ncn3-c2ccc(C(F)(F)F)cc2)n1.O=Cc1c[nH]c2ccc(-c3cccc(C(=O)Nc4ccc(C(F)(F)F)cc4)n3)cc12. The molecule has 5 amide bonds. The molecule has 15 rings (SSSR count). The van der Waals surface area contributed by atoms with Gasteiger partial charge in [0, 0.05) is 122 Å². The average Bonchev–Trinajstić information content (AvgIpc) is 1.57. The molecule has 9 heterocycles. The van der Waals surface area contributed by atoms with E-state index in [9.17, 15) is 59.9 Å². The van der Waals surface area contributed by atoms with Crippen LogP contribution < -0.4 is 38.5 Å². The minimum atomic E-state index is -4.44. The Morgan fingerprint density at radius 2 is 1.11 bits per heavy atom. The second-order valence-electron chi connectivity index (χ2n) is 27.5. The lowest BCUT2D eigenvalue weighted by Gasteiger charge is -2.13. The number of rotatable bonds is 20. The first-order chi connectivity index (χ1) is 54.4. The first-order valence-corrected chi connectivity index (χ1v) is 35.7. The van der Waals surface area contributed by atoms with Crippen molar-refractivity contribution in [3.05, 3.63) is 246 Å². The predicted octanol–water partition coefficient (Wildman–Crippen LogP) is 14.5. The number of nitrogens with zero attached hydrogens (tertiary/aromatic N) is 10. The van der Waals surface area contributed by atoms with Crippen LogP contribution >= 0.6 is 0 Å². The van der Waals surface area contributed by atoms with Crippen molar-refractivity contribution in [3.8, 4) is 51.0 Å². The van der Waals surface area contributed by atoms with E-state index < -0.39 is 59.2 Å². The van der Waals surface area contributed by atoms with Crippen LogP contribution in [0.5, 0.6) is 0 Å². The molecule has 1 aliphatic heterocycles. The van der Waals surface area contributed by atoms with E-state index in [2.05, 4.69) is 135 Å². The van der Waals surface area contributed by atoms with Crippen molar-refractivity contribution in [1.29, 1.82) is 0 Å². The molecule has 114 heavy (non-hydrogen) atoms. The number of imidazole rings is 1. The van der Waals surface area contributed by atoms with Gasteiger partial charge in [-0.05, 0) is 171 Å². The Kier molecular flexibility index (Phi) is 23.6. The maximum atomic E-state index is 12.9. The summed E-state index contributed by atoms with van der Waals surface area (Å²) in [5.74, 6) is -0.394. The minimum absolute atomic E-state index is 0.0220. The summed E-state index contributed by atoms with van der Waals surface area (Å²) in [6.45, 7) is 12.9. The number of carbonyl (C=O) groups is 7. The fraction of sp³-hybridized carbons (Fsp3) is 0.181.